The molecule has 13 heavy (non-hydrogen) atoms. The maximum absolute atomic E-state index is 11.1. The van der Waals surface area contributed by atoms with Gasteiger partial charge in [-0.25, -0.2) is 4.63 Å². The van der Waals surface area contributed by atoms with Gasteiger partial charge >= 0.3 is 0 Å². The van der Waals surface area contributed by atoms with E-state index in [1.165, 1.54) is 13.2 Å². The normalized spacial score (nSPS) is 9.31. The van der Waals surface area contributed by atoms with Crippen molar-refractivity contribution < 1.29 is 14.2 Å². The molecule has 1 aromatic heterocycles. The van der Waals surface area contributed by atoms with Crippen LogP contribution in [-0.4, -0.2) is 35.7 Å². The average molecular weight is 184 g/mol. The van der Waals surface area contributed by atoms with Crippen LogP contribution in [0, 0.1) is 0 Å². The van der Waals surface area contributed by atoms with Gasteiger partial charge in [0, 0.05) is 7.05 Å². The van der Waals surface area contributed by atoms with E-state index in [2.05, 4.69) is 25.6 Å². The highest BCUT2D eigenvalue weighted by Crippen LogP contribution is 1.88. The molecule has 7 nitrogen and oxygen atoms in total. The first-order valence-corrected chi connectivity index (χ1v) is 3.50. The van der Waals surface area contributed by atoms with E-state index in [0.29, 0.717) is 0 Å². The SMILES string of the molecule is CNC(=O)CNC(=O)c1cnon1. The maximum atomic E-state index is 11.1. The Kier molecular flexibility index (Phi) is 2.96. The molecule has 7 heteroatoms. The summed E-state index contributed by atoms with van der Waals surface area (Å²) in [6.07, 6.45) is 1.17. The molecular formula is C6H8N4O3. The molecule has 2 N–H and O–H groups in total. The molecular weight excluding hydrogens is 176 g/mol. The van der Waals surface area contributed by atoms with Crippen molar-refractivity contribution in [2.24, 2.45) is 0 Å². The lowest BCUT2D eigenvalue weighted by Crippen LogP contribution is -2.35. The molecule has 0 aromatic carbocycles. The summed E-state index contributed by atoms with van der Waals surface area (Å²) >= 11 is 0. The minimum absolute atomic E-state index is 0.0453. The van der Waals surface area contributed by atoms with Crippen molar-refractivity contribution >= 4 is 11.8 Å². The summed E-state index contributed by atoms with van der Waals surface area (Å²) in [6.45, 7) is -0.0950. The highest BCUT2D eigenvalue weighted by molar-refractivity contribution is 5.94. The number of hydrogen-bond donors (Lipinski definition) is 2. The molecule has 0 bridgehead atoms. The van der Waals surface area contributed by atoms with Crippen molar-refractivity contribution in [3.05, 3.63) is 11.9 Å². The van der Waals surface area contributed by atoms with Crippen LogP contribution >= 0.6 is 0 Å². The van der Waals surface area contributed by atoms with E-state index in [-0.39, 0.29) is 18.1 Å². The third kappa shape index (κ3) is 2.55. The second-order valence-electron chi connectivity index (χ2n) is 2.15. The fraction of sp³-hybridized carbons (Fsp3) is 0.333. The van der Waals surface area contributed by atoms with E-state index in [0.717, 1.165) is 0 Å². The zero-order valence-corrected chi connectivity index (χ0v) is 6.90. The Labute approximate surface area is 73.5 Å². The van der Waals surface area contributed by atoms with Gasteiger partial charge in [0.15, 0.2) is 5.69 Å². The van der Waals surface area contributed by atoms with Crippen LogP contribution < -0.4 is 10.6 Å². The lowest BCUT2D eigenvalue weighted by atomic mass is 10.4. The van der Waals surface area contributed by atoms with Crippen LogP contribution in [0.2, 0.25) is 0 Å². The van der Waals surface area contributed by atoms with Gasteiger partial charge in [-0.05, 0) is 5.16 Å². The monoisotopic (exact) mass is 184 g/mol. The zero-order valence-electron chi connectivity index (χ0n) is 6.90. The van der Waals surface area contributed by atoms with Crippen LogP contribution in [0.25, 0.3) is 0 Å². The van der Waals surface area contributed by atoms with Crippen molar-refractivity contribution in [3.8, 4) is 0 Å². The first-order valence-electron chi connectivity index (χ1n) is 3.50. The Hall–Kier alpha value is -1.92. The molecule has 0 aliphatic heterocycles. The summed E-state index contributed by atoms with van der Waals surface area (Å²) in [5.41, 5.74) is 0.0453. The minimum Gasteiger partial charge on any atom is -0.358 e. The summed E-state index contributed by atoms with van der Waals surface area (Å²) in [4.78, 5) is 21.8. The van der Waals surface area contributed by atoms with Crippen LogP contribution in [0.15, 0.2) is 10.8 Å². The number of hydrogen-bond acceptors (Lipinski definition) is 5. The summed E-state index contributed by atoms with van der Waals surface area (Å²) in [5, 5.41) is 11.2. The van der Waals surface area contributed by atoms with Gasteiger partial charge in [-0.15, -0.1) is 0 Å². The van der Waals surface area contributed by atoms with Gasteiger partial charge in [0.05, 0.1) is 6.54 Å². The second-order valence-corrected chi connectivity index (χ2v) is 2.15. The Morgan fingerprint density at radius 3 is 2.92 bits per heavy atom. The Bertz CT molecular complexity index is 295. The predicted molar refractivity (Wildman–Crippen MR) is 40.7 cm³/mol. The standard InChI is InChI=1S/C6H8N4O3/c1-7-5(11)3-8-6(12)4-2-9-13-10-4/h2H,3H2,1H3,(H,7,11)(H,8,12). The van der Waals surface area contributed by atoms with E-state index in [1.807, 2.05) is 0 Å². The van der Waals surface area contributed by atoms with Gasteiger partial charge in [-0.2, -0.15) is 0 Å². The molecule has 0 saturated heterocycles. The lowest BCUT2D eigenvalue weighted by molar-refractivity contribution is -0.119. The van der Waals surface area contributed by atoms with Crippen LogP contribution in [0.4, 0.5) is 0 Å². The van der Waals surface area contributed by atoms with E-state index in [4.69, 9.17) is 0 Å². The summed E-state index contributed by atoms with van der Waals surface area (Å²) in [6, 6.07) is 0. The van der Waals surface area contributed by atoms with Crippen LogP contribution in [0.3, 0.4) is 0 Å². The highest BCUT2D eigenvalue weighted by atomic mass is 16.6. The van der Waals surface area contributed by atoms with Crippen LogP contribution in [0.1, 0.15) is 10.5 Å². The molecule has 0 aliphatic rings. The van der Waals surface area contributed by atoms with Gasteiger partial charge in [-0.3, -0.25) is 9.59 Å². The summed E-state index contributed by atoms with van der Waals surface area (Å²) in [7, 11) is 1.48. The summed E-state index contributed by atoms with van der Waals surface area (Å²) in [5.74, 6) is -0.783. The fourth-order valence-electron chi connectivity index (χ4n) is 0.604. The first kappa shape index (κ1) is 9.17. The van der Waals surface area contributed by atoms with Crippen LogP contribution in [0.5, 0.6) is 0 Å². The smallest absolute Gasteiger partial charge is 0.275 e. The van der Waals surface area contributed by atoms with E-state index in [1.54, 1.807) is 0 Å². The predicted octanol–water partition coefficient (Wildman–Crippen LogP) is -1.45. The molecule has 0 aliphatic carbocycles. The number of nitrogens with one attached hydrogen (secondary N) is 2. The van der Waals surface area contributed by atoms with E-state index < -0.39 is 5.91 Å². The van der Waals surface area contributed by atoms with Gasteiger partial charge in [0.25, 0.3) is 5.91 Å². The molecule has 2 amide bonds. The topological polar surface area (TPSA) is 97.1 Å². The van der Waals surface area contributed by atoms with Crippen molar-refractivity contribution in [2.75, 3.05) is 13.6 Å². The van der Waals surface area contributed by atoms with Gasteiger partial charge < -0.3 is 10.6 Å². The van der Waals surface area contributed by atoms with Crippen molar-refractivity contribution in [1.82, 2.24) is 20.9 Å². The number of carbonyl (C=O) groups excluding carboxylic acids is 2. The minimum atomic E-state index is -0.496. The van der Waals surface area contributed by atoms with Crippen molar-refractivity contribution in [1.29, 1.82) is 0 Å². The molecule has 0 atom stereocenters. The Morgan fingerprint density at radius 1 is 1.62 bits per heavy atom. The van der Waals surface area contributed by atoms with Crippen molar-refractivity contribution in [2.45, 2.75) is 0 Å². The maximum Gasteiger partial charge on any atom is 0.275 e. The Balaban J connectivity index is 2.39. The Morgan fingerprint density at radius 2 is 2.38 bits per heavy atom. The third-order valence-corrected chi connectivity index (χ3v) is 1.28. The number of likely N-dealkylation sites (N-methyl/N-ethyl adjacent to an activating group) is 1. The third-order valence-electron chi connectivity index (χ3n) is 1.28. The fourth-order valence-corrected chi connectivity index (χ4v) is 0.604. The van der Waals surface area contributed by atoms with Crippen molar-refractivity contribution in [3.63, 3.8) is 0 Å². The number of nitrogens with zero attached hydrogens (tertiary/aromatic N) is 2. The quantitative estimate of drug-likeness (QED) is 0.598. The molecule has 0 radical (unpaired) electrons. The highest BCUT2D eigenvalue weighted by Gasteiger charge is 2.10. The average Bonchev–Trinajstić information content (AvgIpc) is 2.66. The van der Waals surface area contributed by atoms with E-state index in [9.17, 15) is 9.59 Å². The van der Waals surface area contributed by atoms with Gasteiger partial charge in [-0.1, -0.05) is 5.16 Å². The van der Waals surface area contributed by atoms with Gasteiger partial charge in [0.1, 0.15) is 6.20 Å². The largest absolute Gasteiger partial charge is 0.358 e. The molecule has 0 fully saturated rings. The molecule has 1 rings (SSSR count). The molecule has 70 valence electrons. The number of rotatable bonds is 3. The van der Waals surface area contributed by atoms with Crippen LogP contribution in [-0.2, 0) is 4.79 Å². The first-order chi connectivity index (χ1) is 6.24. The molecule has 0 spiro atoms. The second kappa shape index (κ2) is 4.19. The number of aromatic nitrogens is 2. The molecule has 1 heterocycles. The number of amides is 2. The number of carbonyl (C=O) groups is 2. The summed E-state index contributed by atoms with van der Waals surface area (Å²) < 4.78 is 4.21. The van der Waals surface area contributed by atoms with E-state index >= 15 is 0 Å². The molecule has 0 saturated carbocycles. The zero-order chi connectivity index (χ0) is 9.68. The van der Waals surface area contributed by atoms with Gasteiger partial charge in [0.2, 0.25) is 5.91 Å². The molecule has 1 aromatic rings. The molecule has 0 unspecified atom stereocenters. The lowest BCUT2D eigenvalue weighted by Gasteiger charge is -1.99.